The second-order valence-corrected chi connectivity index (χ2v) is 5.69. The standard InChI is InChI=1S/C7H13NO4S/c1-8(13(2,11)12)5-7(3-4-7)6(9)10/h3-5H2,1-2H3,(H,9,10). The highest BCUT2D eigenvalue weighted by atomic mass is 32.2. The number of hydrogen-bond acceptors (Lipinski definition) is 3. The van der Waals surface area contributed by atoms with E-state index >= 15 is 0 Å². The third-order valence-electron chi connectivity index (χ3n) is 2.40. The van der Waals surface area contributed by atoms with Crippen molar-refractivity contribution in [1.29, 1.82) is 0 Å². The van der Waals surface area contributed by atoms with Crippen LogP contribution in [0.5, 0.6) is 0 Å². The van der Waals surface area contributed by atoms with Gasteiger partial charge in [-0.3, -0.25) is 4.79 Å². The van der Waals surface area contributed by atoms with Crippen LogP contribution in [0.3, 0.4) is 0 Å². The highest BCUT2D eigenvalue weighted by Crippen LogP contribution is 2.46. The zero-order valence-electron chi connectivity index (χ0n) is 7.65. The summed E-state index contributed by atoms with van der Waals surface area (Å²) in [7, 11) is -1.86. The van der Waals surface area contributed by atoms with Gasteiger partial charge in [0.2, 0.25) is 10.0 Å². The van der Waals surface area contributed by atoms with Gasteiger partial charge in [0.1, 0.15) is 0 Å². The van der Waals surface area contributed by atoms with E-state index in [4.69, 9.17) is 5.11 Å². The lowest BCUT2D eigenvalue weighted by Crippen LogP contribution is -2.35. The number of aliphatic carboxylic acids is 1. The Kier molecular flexibility index (Phi) is 2.38. The predicted octanol–water partition coefficient (Wildman–Crippen LogP) is -0.257. The van der Waals surface area contributed by atoms with Crippen LogP contribution < -0.4 is 0 Å². The third-order valence-corrected chi connectivity index (χ3v) is 3.66. The monoisotopic (exact) mass is 207 g/mol. The van der Waals surface area contributed by atoms with Crippen molar-refractivity contribution in [2.24, 2.45) is 5.41 Å². The van der Waals surface area contributed by atoms with Crippen LogP contribution in [-0.4, -0.2) is 43.6 Å². The van der Waals surface area contributed by atoms with E-state index in [2.05, 4.69) is 0 Å². The van der Waals surface area contributed by atoms with Crippen molar-refractivity contribution in [2.45, 2.75) is 12.8 Å². The highest BCUT2D eigenvalue weighted by molar-refractivity contribution is 7.88. The number of carboxylic acid groups (broad SMARTS) is 1. The Bertz CT molecular complexity index is 317. The van der Waals surface area contributed by atoms with Gasteiger partial charge in [0.15, 0.2) is 0 Å². The maximum absolute atomic E-state index is 11.0. The number of carbonyl (C=O) groups is 1. The first-order valence-corrected chi connectivity index (χ1v) is 5.77. The van der Waals surface area contributed by atoms with Gasteiger partial charge in [0.05, 0.1) is 11.7 Å². The van der Waals surface area contributed by atoms with Gasteiger partial charge in [0, 0.05) is 13.6 Å². The van der Waals surface area contributed by atoms with Crippen molar-refractivity contribution in [3.63, 3.8) is 0 Å². The van der Waals surface area contributed by atoms with Crippen molar-refractivity contribution >= 4 is 16.0 Å². The van der Waals surface area contributed by atoms with Gasteiger partial charge in [-0.05, 0) is 12.8 Å². The molecular weight excluding hydrogens is 194 g/mol. The van der Waals surface area contributed by atoms with Crippen LogP contribution in [0.15, 0.2) is 0 Å². The molecule has 13 heavy (non-hydrogen) atoms. The van der Waals surface area contributed by atoms with Gasteiger partial charge in [-0.2, -0.15) is 0 Å². The fourth-order valence-electron chi connectivity index (χ4n) is 1.13. The molecule has 0 saturated heterocycles. The summed E-state index contributed by atoms with van der Waals surface area (Å²) in [4.78, 5) is 10.7. The highest BCUT2D eigenvalue weighted by Gasteiger charge is 2.51. The topological polar surface area (TPSA) is 74.7 Å². The van der Waals surface area contributed by atoms with Crippen LogP contribution in [-0.2, 0) is 14.8 Å². The normalized spacial score (nSPS) is 20.2. The Morgan fingerprint density at radius 3 is 2.23 bits per heavy atom. The Hall–Kier alpha value is -0.620. The van der Waals surface area contributed by atoms with Gasteiger partial charge in [-0.1, -0.05) is 0 Å². The molecule has 0 unspecified atom stereocenters. The van der Waals surface area contributed by atoms with Gasteiger partial charge < -0.3 is 5.11 Å². The molecule has 0 spiro atoms. The molecule has 76 valence electrons. The number of sulfonamides is 1. The number of nitrogens with zero attached hydrogens (tertiary/aromatic N) is 1. The van der Waals surface area contributed by atoms with Crippen molar-refractivity contribution in [2.75, 3.05) is 19.8 Å². The van der Waals surface area contributed by atoms with E-state index in [0.717, 1.165) is 10.6 Å². The van der Waals surface area contributed by atoms with E-state index in [1.807, 2.05) is 0 Å². The minimum atomic E-state index is -3.26. The van der Waals surface area contributed by atoms with E-state index in [1.165, 1.54) is 7.05 Å². The molecule has 1 aliphatic rings. The molecule has 0 bridgehead atoms. The summed E-state index contributed by atoms with van der Waals surface area (Å²) < 4.78 is 23.1. The smallest absolute Gasteiger partial charge is 0.310 e. The van der Waals surface area contributed by atoms with Crippen LogP contribution in [0.1, 0.15) is 12.8 Å². The Morgan fingerprint density at radius 2 is 2.00 bits per heavy atom. The largest absolute Gasteiger partial charge is 0.481 e. The number of rotatable bonds is 4. The molecule has 0 atom stereocenters. The summed E-state index contributed by atoms with van der Waals surface area (Å²) in [5, 5.41) is 8.80. The summed E-state index contributed by atoms with van der Waals surface area (Å²) in [5.74, 6) is -0.900. The molecule has 1 rings (SSSR count). The van der Waals surface area contributed by atoms with Crippen LogP contribution >= 0.6 is 0 Å². The van der Waals surface area contributed by atoms with E-state index < -0.39 is 21.4 Å². The van der Waals surface area contributed by atoms with Gasteiger partial charge in [-0.25, -0.2) is 12.7 Å². The summed E-state index contributed by atoms with van der Waals surface area (Å²) >= 11 is 0. The molecule has 1 N–H and O–H groups in total. The lowest BCUT2D eigenvalue weighted by atomic mass is 10.1. The summed E-state index contributed by atoms with van der Waals surface area (Å²) in [6.45, 7) is 0.0845. The molecule has 0 aromatic carbocycles. The second kappa shape index (κ2) is 2.95. The minimum absolute atomic E-state index is 0.0845. The van der Waals surface area contributed by atoms with E-state index in [0.29, 0.717) is 12.8 Å². The lowest BCUT2D eigenvalue weighted by Gasteiger charge is -2.18. The minimum Gasteiger partial charge on any atom is -0.481 e. The average molecular weight is 207 g/mol. The first kappa shape index (κ1) is 10.5. The molecule has 5 nitrogen and oxygen atoms in total. The zero-order chi connectivity index (χ0) is 10.3. The second-order valence-electron chi connectivity index (χ2n) is 3.60. The maximum atomic E-state index is 11.0. The first-order chi connectivity index (χ1) is 5.78. The summed E-state index contributed by atoms with van der Waals surface area (Å²) in [6, 6.07) is 0. The van der Waals surface area contributed by atoms with Crippen molar-refractivity contribution in [1.82, 2.24) is 4.31 Å². The Balaban J connectivity index is 2.65. The van der Waals surface area contributed by atoms with Crippen molar-refractivity contribution in [3.8, 4) is 0 Å². The Labute approximate surface area is 77.4 Å². The summed E-state index contributed by atoms with van der Waals surface area (Å²) in [6.07, 6.45) is 2.22. The fraction of sp³-hybridized carbons (Fsp3) is 0.857. The molecule has 1 saturated carbocycles. The molecule has 1 fully saturated rings. The molecule has 0 aromatic heterocycles. The lowest BCUT2D eigenvalue weighted by molar-refractivity contribution is -0.143. The van der Waals surface area contributed by atoms with E-state index in [-0.39, 0.29) is 6.54 Å². The SMILES string of the molecule is CN(CC1(C(=O)O)CC1)S(C)(=O)=O. The summed E-state index contributed by atoms with van der Waals surface area (Å²) in [5.41, 5.74) is -0.808. The van der Waals surface area contributed by atoms with Gasteiger partial charge >= 0.3 is 5.97 Å². The number of carboxylic acids is 1. The Morgan fingerprint density at radius 1 is 1.54 bits per heavy atom. The van der Waals surface area contributed by atoms with Crippen LogP contribution in [0.2, 0.25) is 0 Å². The number of hydrogen-bond donors (Lipinski definition) is 1. The van der Waals surface area contributed by atoms with Crippen molar-refractivity contribution < 1.29 is 18.3 Å². The molecule has 6 heteroatoms. The average Bonchev–Trinajstić information content (AvgIpc) is 2.66. The van der Waals surface area contributed by atoms with Gasteiger partial charge in [0.25, 0.3) is 0 Å². The van der Waals surface area contributed by atoms with Crippen LogP contribution in [0.25, 0.3) is 0 Å². The third kappa shape index (κ3) is 2.19. The molecule has 0 aliphatic heterocycles. The van der Waals surface area contributed by atoms with Crippen LogP contribution in [0, 0.1) is 5.41 Å². The van der Waals surface area contributed by atoms with Crippen LogP contribution in [0.4, 0.5) is 0 Å². The first-order valence-electron chi connectivity index (χ1n) is 3.93. The molecule has 0 heterocycles. The van der Waals surface area contributed by atoms with Crippen molar-refractivity contribution in [3.05, 3.63) is 0 Å². The molecule has 0 amide bonds. The fourth-order valence-corrected chi connectivity index (χ4v) is 1.62. The zero-order valence-corrected chi connectivity index (χ0v) is 8.47. The molecule has 0 aromatic rings. The quantitative estimate of drug-likeness (QED) is 0.689. The molecule has 0 radical (unpaired) electrons. The van der Waals surface area contributed by atoms with Gasteiger partial charge in [-0.15, -0.1) is 0 Å². The maximum Gasteiger partial charge on any atom is 0.310 e. The molecule has 1 aliphatic carbocycles. The predicted molar refractivity (Wildman–Crippen MR) is 46.8 cm³/mol. The molecular formula is C7H13NO4S. The van der Waals surface area contributed by atoms with E-state index in [9.17, 15) is 13.2 Å². The van der Waals surface area contributed by atoms with E-state index in [1.54, 1.807) is 0 Å².